The van der Waals surface area contributed by atoms with Crippen molar-refractivity contribution >= 4 is 51.0 Å². The average molecular weight is 482 g/mol. The van der Waals surface area contributed by atoms with Crippen molar-refractivity contribution in [3.8, 4) is 0 Å². The van der Waals surface area contributed by atoms with Gasteiger partial charge in [-0.1, -0.05) is 6.07 Å². The number of amides is 2. The van der Waals surface area contributed by atoms with E-state index in [1.54, 1.807) is 0 Å². The van der Waals surface area contributed by atoms with E-state index >= 15 is 0 Å². The number of aromatic nitrogens is 3. The minimum Gasteiger partial charge on any atom is -0.383 e. The van der Waals surface area contributed by atoms with Crippen LogP contribution >= 0.6 is 11.3 Å². The fourth-order valence-electron chi connectivity index (χ4n) is 3.49. The summed E-state index contributed by atoms with van der Waals surface area (Å²) in [6, 6.07) is 4.07. The molecule has 2 aromatic heterocycles. The van der Waals surface area contributed by atoms with Crippen LogP contribution in [0.2, 0.25) is 0 Å². The Morgan fingerprint density at radius 1 is 1.30 bits per heavy atom. The number of alkyl halides is 3. The molecule has 0 aliphatic carbocycles. The van der Waals surface area contributed by atoms with Gasteiger partial charge in [0.2, 0.25) is 5.95 Å². The predicted octanol–water partition coefficient (Wildman–Crippen LogP) is 2.35. The van der Waals surface area contributed by atoms with E-state index in [1.807, 2.05) is 5.32 Å². The lowest BCUT2D eigenvalue weighted by Crippen LogP contribution is -2.63. The number of ether oxygens (including phenoxy) is 1. The standard InChI is InChI=1S/C19H17F3N6O4S/c1-9(29)10-4-3-5-12-13(10)25-16-26-15(31)18(28(12)16,19(20,21)22)27-14(30)11-8-33-17(24-11)23-6-7-32-2/h3-5,8H,6-7H2,1-2H3,(H,23,24)(H,27,30)(H,25,26,31). The summed E-state index contributed by atoms with van der Waals surface area (Å²) in [6.45, 7) is 1.98. The minimum atomic E-state index is -5.26. The Balaban J connectivity index is 1.78. The number of nitrogens with zero attached hydrogens (tertiary/aromatic N) is 3. The van der Waals surface area contributed by atoms with Crippen molar-refractivity contribution in [2.45, 2.75) is 18.8 Å². The predicted molar refractivity (Wildman–Crippen MR) is 112 cm³/mol. The monoisotopic (exact) mass is 482 g/mol. The summed E-state index contributed by atoms with van der Waals surface area (Å²) in [5, 5.41) is 8.32. The number of benzene rings is 1. The van der Waals surface area contributed by atoms with Gasteiger partial charge in [-0.15, -0.1) is 11.3 Å². The van der Waals surface area contributed by atoms with Gasteiger partial charge in [0.05, 0.1) is 12.1 Å². The highest BCUT2D eigenvalue weighted by Crippen LogP contribution is 2.44. The summed E-state index contributed by atoms with van der Waals surface area (Å²) in [4.78, 5) is 45.4. The van der Waals surface area contributed by atoms with Crippen LogP contribution in [0.25, 0.3) is 11.0 Å². The Labute approximate surface area is 188 Å². The van der Waals surface area contributed by atoms with Gasteiger partial charge in [0.15, 0.2) is 10.9 Å². The van der Waals surface area contributed by atoms with Crippen molar-refractivity contribution in [2.24, 2.45) is 0 Å². The number of hydrogen-bond acceptors (Lipinski definition) is 8. The van der Waals surface area contributed by atoms with Gasteiger partial charge in [-0.05, 0) is 19.1 Å². The maximum absolute atomic E-state index is 14.5. The van der Waals surface area contributed by atoms with Crippen LogP contribution in [-0.4, -0.2) is 58.6 Å². The van der Waals surface area contributed by atoms with Crippen LogP contribution in [0, 0.1) is 0 Å². The molecule has 0 radical (unpaired) electrons. The number of anilines is 2. The molecule has 1 aliphatic heterocycles. The first-order valence-corrected chi connectivity index (χ1v) is 10.4. The molecule has 1 atom stereocenters. The van der Waals surface area contributed by atoms with Crippen LogP contribution in [0.4, 0.5) is 24.3 Å². The smallest absolute Gasteiger partial charge is 0.383 e. The first kappa shape index (κ1) is 22.7. The fourth-order valence-corrected chi connectivity index (χ4v) is 4.21. The van der Waals surface area contributed by atoms with Gasteiger partial charge in [0.1, 0.15) is 11.2 Å². The molecule has 3 heterocycles. The molecule has 0 saturated heterocycles. The van der Waals surface area contributed by atoms with Crippen molar-refractivity contribution in [1.29, 1.82) is 0 Å². The van der Waals surface area contributed by atoms with E-state index in [4.69, 9.17) is 4.74 Å². The summed E-state index contributed by atoms with van der Waals surface area (Å²) in [6.07, 6.45) is -5.26. The number of methoxy groups -OCH3 is 1. The van der Waals surface area contributed by atoms with E-state index in [-0.39, 0.29) is 22.3 Å². The summed E-state index contributed by atoms with van der Waals surface area (Å²) in [5.41, 5.74) is -3.89. The topological polar surface area (TPSA) is 127 Å². The number of rotatable bonds is 7. The number of hydrogen-bond donors (Lipinski definition) is 3. The van der Waals surface area contributed by atoms with Crippen molar-refractivity contribution in [2.75, 3.05) is 30.9 Å². The van der Waals surface area contributed by atoms with E-state index in [1.165, 1.54) is 37.6 Å². The molecular formula is C19H17F3N6O4S. The number of halogens is 3. The molecule has 0 bridgehead atoms. The highest BCUT2D eigenvalue weighted by Gasteiger charge is 2.68. The molecule has 4 rings (SSSR count). The molecule has 33 heavy (non-hydrogen) atoms. The van der Waals surface area contributed by atoms with Gasteiger partial charge in [-0.25, -0.2) is 9.97 Å². The first-order chi connectivity index (χ1) is 15.6. The number of imidazole rings is 1. The van der Waals surface area contributed by atoms with Gasteiger partial charge in [0.25, 0.3) is 17.5 Å². The summed E-state index contributed by atoms with van der Waals surface area (Å²) < 4.78 is 48.8. The number of thiazole rings is 1. The first-order valence-electron chi connectivity index (χ1n) is 9.52. The highest BCUT2D eigenvalue weighted by molar-refractivity contribution is 7.13. The Kier molecular flexibility index (Phi) is 5.57. The van der Waals surface area contributed by atoms with Crippen LogP contribution in [0.1, 0.15) is 27.8 Å². The van der Waals surface area contributed by atoms with Crippen molar-refractivity contribution in [1.82, 2.24) is 19.9 Å². The lowest BCUT2D eigenvalue weighted by molar-refractivity contribution is -0.213. The third-order valence-corrected chi connectivity index (χ3v) is 5.78. The normalized spacial score (nSPS) is 17.7. The highest BCUT2D eigenvalue weighted by atomic mass is 32.1. The third kappa shape index (κ3) is 3.60. The maximum Gasteiger partial charge on any atom is 0.440 e. The molecule has 0 fully saturated rings. The number of carbonyl (C=O) groups excluding carboxylic acids is 3. The van der Waals surface area contributed by atoms with E-state index in [0.29, 0.717) is 22.9 Å². The fraction of sp³-hybridized carbons (Fsp3) is 0.316. The quantitative estimate of drug-likeness (QED) is 0.349. The summed E-state index contributed by atoms with van der Waals surface area (Å²) in [7, 11) is 1.50. The van der Waals surface area contributed by atoms with Gasteiger partial charge >= 0.3 is 6.18 Å². The Morgan fingerprint density at radius 2 is 2.06 bits per heavy atom. The molecule has 3 N–H and O–H groups in total. The molecule has 0 spiro atoms. The SMILES string of the molecule is COCCNc1nc(C(=O)NC2(C(F)(F)F)C(=O)Nc3nc4c(C(C)=O)cccc4n32)cs1. The summed E-state index contributed by atoms with van der Waals surface area (Å²) >= 11 is 1.01. The molecule has 1 aliphatic rings. The van der Waals surface area contributed by atoms with Crippen molar-refractivity contribution in [3.63, 3.8) is 0 Å². The van der Waals surface area contributed by atoms with E-state index in [2.05, 4.69) is 20.6 Å². The van der Waals surface area contributed by atoms with Gasteiger partial charge in [-0.2, -0.15) is 13.2 Å². The average Bonchev–Trinajstić information content (AvgIpc) is 3.41. The second kappa shape index (κ2) is 8.12. The molecule has 174 valence electrons. The number of Topliss-reactive ketones (excluding diaryl/α,β-unsaturated/α-hetero) is 1. The van der Waals surface area contributed by atoms with Crippen LogP contribution in [-0.2, 0) is 15.2 Å². The Hall–Kier alpha value is -3.52. The van der Waals surface area contributed by atoms with Crippen LogP contribution in [0.5, 0.6) is 0 Å². The summed E-state index contributed by atoms with van der Waals surface area (Å²) in [5.74, 6) is -3.60. The maximum atomic E-state index is 14.5. The van der Waals surface area contributed by atoms with E-state index in [0.717, 1.165) is 11.3 Å². The molecule has 1 aromatic carbocycles. The number of ketones is 1. The molecule has 3 aromatic rings. The van der Waals surface area contributed by atoms with Crippen LogP contribution in [0.15, 0.2) is 23.6 Å². The minimum absolute atomic E-state index is 0.0267. The Morgan fingerprint density at radius 3 is 2.73 bits per heavy atom. The zero-order chi connectivity index (χ0) is 24.0. The molecule has 2 amide bonds. The van der Waals surface area contributed by atoms with Crippen LogP contribution in [0.3, 0.4) is 0 Å². The van der Waals surface area contributed by atoms with Crippen LogP contribution < -0.4 is 16.0 Å². The lowest BCUT2D eigenvalue weighted by atomic mass is 10.1. The third-order valence-electron chi connectivity index (χ3n) is 4.98. The zero-order valence-corrected chi connectivity index (χ0v) is 18.1. The number of nitrogens with one attached hydrogen (secondary N) is 3. The molecule has 1 unspecified atom stereocenters. The zero-order valence-electron chi connectivity index (χ0n) is 17.2. The molecule has 10 nitrogen and oxygen atoms in total. The molecular weight excluding hydrogens is 465 g/mol. The number of carbonyl (C=O) groups is 3. The Bertz CT molecular complexity index is 1270. The lowest BCUT2D eigenvalue weighted by Gasteiger charge is -2.31. The van der Waals surface area contributed by atoms with Gasteiger partial charge < -0.3 is 15.4 Å². The second-order valence-electron chi connectivity index (χ2n) is 7.07. The number of para-hydroxylation sites is 1. The largest absolute Gasteiger partial charge is 0.440 e. The second-order valence-corrected chi connectivity index (χ2v) is 7.93. The van der Waals surface area contributed by atoms with Crippen molar-refractivity contribution < 1.29 is 32.3 Å². The molecule has 0 saturated carbocycles. The molecule has 14 heteroatoms. The number of fused-ring (bicyclic) bond motifs is 3. The van der Waals surface area contributed by atoms with Crippen molar-refractivity contribution in [3.05, 3.63) is 34.8 Å². The van der Waals surface area contributed by atoms with Gasteiger partial charge in [0, 0.05) is 24.6 Å². The van der Waals surface area contributed by atoms with E-state index in [9.17, 15) is 27.6 Å². The van der Waals surface area contributed by atoms with Gasteiger partial charge in [-0.3, -0.25) is 24.3 Å². The van der Waals surface area contributed by atoms with E-state index < -0.39 is 35.4 Å².